The second kappa shape index (κ2) is 10.1. The standard InChI is InChI=1S/C29H31N3O4/c33-26(25-27(34)31(29(30-25)17-10-18-29)20-22-13-6-2-7-14-22)24(19-21-11-4-1-5-12-21)32(28(35)36)23-15-8-3-9-16-23/h1-9,11-16,24-26,30,33H,10,17-20H2,(H,35,36)/t24-,25-,26+/m0/s1. The van der Waals surface area contributed by atoms with Gasteiger partial charge in [0.2, 0.25) is 5.91 Å². The summed E-state index contributed by atoms with van der Waals surface area (Å²) in [7, 11) is 0. The highest BCUT2D eigenvalue weighted by Crippen LogP contribution is 2.42. The number of anilines is 1. The Morgan fingerprint density at radius 3 is 2.03 bits per heavy atom. The summed E-state index contributed by atoms with van der Waals surface area (Å²) in [4.78, 5) is 29.3. The molecule has 1 saturated carbocycles. The summed E-state index contributed by atoms with van der Waals surface area (Å²) in [5.74, 6) is -0.192. The van der Waals surface area contributed by atoms with Crippen LogP contribution in [0.15, 0.2) is 91.0 Å². The topological polar surface area (TPSA) is 93.1 Å². The highest BCUT2D eigenvalue weighted by Gasteiger charge is 2.56. The van der Waals surface area contributed by atoms with E-state index in [0.29, 0.717) is 12.2 Å². The summed E-state index contributed by atoms with van der Waals surface area (Å²) in [6, 6.07) is 26.3. The number of carbonyl (C=O) groups is 2. The van der Waals surface area contributed by atoms with Gasteiger partial charge in [0, 0.05) is 12.2 Å². The van der Waals surface area contributed by atoms with Gasteiger partial charge in [0.15, 0.2) is 0 Å². The summed E-state index contributed by atoms with van der Waals surface area (Å²) in [5, 5.41) is 25.4. The number of aliphatic hydroxyl groups excluding tert-OH is 1. The van der Waals surface area contributed by atoms with Crippen LogP contribution in [0.1, 0.15) is 30.4 Å². The summed E-state index contributed by atoms with van der Waals surface area (Å²) in [5.41, 5.74) is 1.85. The summed E-state index contributed by atoms with van der Waals surface area (Å²) >= 11 is 0. The smallest absolute Gasteiger partial charge is 0.412 e. The van der Waals surface area contributed by atoms with Gasteiger partial charge in [-0.2, -0.15) is 0 Å². The molecule has 1 spiro atoms. The number of aliphatic hydroxyl groups is 1. The number of para-hydroxylation sites is 1. The van der Waals surface area contributed by atoms with Gasteiger partial charge in [-0.3, -0.25) is 15.0 Å². The Labute approximate surface area is 211 Å². The molecule has 0 radical (unpaired) electrons. The van der Waals surface area contributed by atoms with Crippen molar-refractivity contribution in [3.05, 3.63) is 102 Å². The van der Waals surface area contributed by atoms with Gasteiger partial charge in [-0.25, -0.2) is 4.79 Å². The van der Waals surface area contributed by atoms with Crippen LogP contribution >= 0.6 is 0 Å². The molecular weight excluding hydrogens is 454 g/mol. The number of nitrogens with one attached hydrogen (secondary N) is 1. The van der Waals surface area contributed by atoms with Crippen molar-refractivity contribution >= 4 is 17.7 Å². The Balaban J connectivity index is 1.48. The molecule has 2 amide bonds. The fraction of sp³-hybridized carbons (Fsp3) is 0.310. The largest absolute Gasteiger partial charge is 0.465 e. The van der Waals surface area contributed by atoms with E-state index in [9.17, 15) is 19.8 Å². The molecule has 36 heavy (non-hydrogen) atoms. The van der Waals surface area contributed by atoms with E-state index in [2.05, 4.69) is 5.32 Å². The second-order valence-electron chi connectivity index (χ2n) is 9.65. The minimum absolute atomic E-state index is 0.192. The number of hydrogen-bond acceptors (Lipinski definition) is 4. The van der Waals surface area contributed by atoms with Crippen LogP contribution in [-0.4, -0.2) is 51.0 Å². The number of carbonyl (C=O) groups excluding carboxylic acids is 1. The average molecular weight is 486 g/mol. The Morgan fingerprint density at radius 2 is 1.50 bits per heavy atom. The van der Waals surface area contributed by atoms with E-state index in [0.717, 1.165) is 30.4 Å². The molecule has 3 N–H and O–H groups in total. The number of rotatable bonds is 8. The van der Waals surface area contributed by atoms with E-state index in [1.807, 2.05) is 71.6 Å². The molecule has 5 rings (SSSR count). The minimum Gasteiger partial charge on any atom is -0.465 e. The molecule has 3 aromatic carbocycles. The second-order valence-corrected chi connectivity index (χ2v) is 9.65. The third-order valence-corrected chi connectivity index (χ3v) is 7.43. The van der Waals surface area contributed by atoms with Crippen molar-refractivity contribution in [2.75, 3.05) is 4.90 Å². The molecule has 1 aliphatic heterocycles. The summed E-state index contributed by atoms with van der Waals surface area (Å²) in [6.07, 6.45) is 0.435. The van der Waals surface area contributed by atoms with Crippen LogP contribution in [-0.2, 0) is 17.8 Å². The third kappa shape index (κ3) is 4.59. The van der Waals surface area contributed by atoms with Gasteiger partial charge in [0.1, 0.15) is 6.04 Å². The molecule has 186 valence electrons. The van der Waals surface area contributed by atoms with Crippen molar-refractivity contribution in [1.29, 1.82) is 0 Å². The number of carboxylic acid groups (broad SMARTS) is 1. The van der Waals surface area contributed by atoms with Crippen LogP contribution in [0.2, 0.25) is 0 Å². The molecule has 3 atom stereocenters. The maximum Gasteiger partial charge on any atom is 0.412 e. The number of hydrogen-bond donors (Lipinski definition) is 3. The zero-order valence-electron chi connectivity index (χ0n) is 20.0. The SMILES string of the molecule is O=C(O)N(c1ccccc1)[C@@H](Cc1ccccc1)[C@@H](O)[C@@H]1NC2(CCC2)N(Cc2ccccc2)C1=O. The van der Waals surface area contributed by atoms with E-state index < -0.39 is 29.9 Å². The quantitative estimate of drug-likeness (QED) is 0.448. The first-order valence-corrected chi connectivity index (χ1v) is 12.4. The van der Waals surface area contributed by atoms with Crippen LogP contribution in [0.25, 0.3) is 0 Å². The highest BCUT2D eigenvalue weighted by atomic mass is 16.4. The van der Waals surface area contributed by atoms with Gasteiger partial charge in [0.05, 0.1) is 17.8 Å². The fourth-order valence-electron chi connectivity index (χ4n) is 5.44. The first kappa shape index (κ1) is 24.0. The first-order chi connectivity index (χ1) is 17.5. The summed E-state index contributed by atoms with van der Waals surface area (Å²) in [6.45, 7) is 0.445. The molecule has 0 unspecified atom stereocenters. The Bertz CT molecular complexity index is 1180. The zero-order valence-corrected chi connectivity index (χ0v) is 20.0. The molecule has 2 fully saturated rings. The average Bonchev–Trinajstić information content (AvgIpc) is 3.17. The van der Waals surface area contributed by atoms with E-state index >= 15 is 0 Å². The molecule has 7 nitrogen and oxygen atoms in total. The lowest BCUT2D eigenvalue weighted by atomic mass is 9.84. The van der Waals surface area contributed by atoms with Gasteiger partial charge in [-0.05, 0) is 48.9 Å². The number of amides is 2. The lowest BCUT2D eigenvalue weighted by molar-refractivity contribution is -0.136. The molecule has 1 aliphatic carbocycles. The third-order valence-electron chi connectivity index (χ3n) is 7.43. The van der Waals surface area contributed by atoms with E-state index in [-0.39, 0.29) is 12.3 Å². The monoisotopic (exact) mass is 485 g/mol. The van der Waals surface area contributed by atoms with Crippen molar-refractivity contribution in [3.63, 3.8) is 0 Å². The number of nitrogens with zero attached hydrogens (tertiary/aromatic N) is 2. The van der Waals surface area contributed by atoms with Crippen LogP contribution in [0.4, 0.5) is 10.5 Å². The van der Waals surface area contributed by atoms with Gasteiger partial charge in [-0.1, -0.05) is 78.9 Å². The van der Waals surface area contributed by atoms with E-state index in [1.165, 1.54) is 4.90 Å². The van der Waals surface area contributed by atoms with Crippen molar-refractivity contribution in [1.82, 2.24) is 10.2 Å². The van der Waals surface area contributed by atoms with E-state index in [4.69, 9.17) is 0 Å². The molecule has 1 heterocycles. The highest BCUT2D eigenvalue weighted by molar-refractivity contribution is 5.89. The summed E-state index contributed by atoms with van der Waals surface area (Å²) < 4.78 is 0. The first-order valence-electron chi connectivity index (χ1n) is 12.4. The normalized spacial score (nSPS) is 20.1. The molecule has 0 aromatic heterocycles. The Hall–Kier alpha value is -3.68. The van der Waals surface area contributed by atoms with Crippen LogP contribution in [0.5, 0.6) is 0 Å². The Morgan fingerprint density at radius 1 is 0.944 bits per heavy atom. The number of benzene rings is 3. The molecule has 2 aliphatic rings. The molecule has 0 bridgehead atoms. The fourth-order valence-corrected chi connectivity index (χ4v) is 5.44. The van der Waals surface area contributed by atoms with Gasteiger partial charge < -0.3 is 15.1 Å². The minimum atomic E-state index is -1.26. The Kier molecular flexibility index (Phi) is 6.76. The van der Waals surface area contributed by atoms with Crippen molar-refractivity contribution in [3.8, 4) is 0 Å². The van der Waals surface area contributed by atoms with Crippen LogP contribution in [0.3, 0.4) is 0 Å². The van der Waals surface area contributed by atoms with Crippen molar-refractivity contribution < 1.29 is 19.8 Å². The van der Waals surface area contributed by atoms with Crippen LogP contribution < -0.4 is 10.2 Å². The molecule has 1 saturated heterocycles. The van der Waals surface area contributed by atoms with Gasteiger partial charge in [-0.15, -0.1) is 0 Å². The van der Waals surface area contributed by atoms with Gasteiger partial charge in [0.25, 0.3) is 0 Å². The van der Waals surface area contributed by atoms with Crippen molar-refractivity contribution in [2.24, 2.45) is 0 Å². The van der Waals surface area contributed by atoms with Gasteiger partial charge >= 0.3 is 6.09 Å². The zero-order chi connectivity index (χ0) is 25.1. The maximum absolute atomic E-state index is 13.8. The molecule has 7 heteroatoms. The lowest BCUT2D eigenvalue weighted by Gasteiger charge is -2.45. The van der Waals surface area contributed by atoms with Crippen LogP contribution in [0, 0.1) is 0 Å². The van der Waals surface area contributed by atoms with Crippen molar-refractivity contribution in [2.45, 2.75) is 56.1 Å². The molecular formula is C29H31N3O4. The molecule has 3 aromatic rings. The predicted molar refractivity (Wildman–Crippen MR) is 137 cm³/mol. The van der Waals surface area contributed by atoms with E-state index in [1.54, 1.807) is 24.3 Å². The predicted octanol–water partition coefficient (Wildman–Crippen LogP) is 4.02. The maximum atomic E-state index is 13.8. The lowest BCUT2D eigenvalue weighted by Crippen LogP contribution is -2.60.